The Morgan fingerprint density at radius 2 is 2.33 bits per heavy atom. The molecule has 0 radical (unpaired) electrons. The quantitative estimate of drug-likeness (QED) is 0.672. The predicted octanol–water partition coefficient (Wildman–Crippen LogP) is 1.83. The summed E-state index contributed by atoms with van der Waals surface area (Å²) in [6.45, 7) is 2.18. The highest BCUT2D eigenvalue weighted by Crippen LogP contribution is 2.24. The molecule has 0 saturated heterocycles. The summed E-state index contributed by atoms with van der Waals surface area (Å²) in [6, 6.07) is 0. The molecule has 12 heavy (non-hydrogen) atoms. The maximum absolute atomic E-state index is 4.16. The molecule has 0 unspecified atom stereocenters. The van der Waals surface area contributed by atoms with E-state index in [1.807, 2.05) is 12.4 Å². The maximum atomic E-state index is 4.16. The van der Waals surface area contributed by atoms with Crippen LogP contribution in [0, 0.1) is 0 Å². The molecule has 1 aromatic heterocycles. The van der Waals surface area contributed by atoms with Crippen molar-refractivity contribution in [3.05, 3.63) is 28.0 Å². The van der Waals surface area contributed by atoms with Crippen molar-refractivity contribution >= 4 is 15.9 Å². The monoisotopic (exact) mass is 226 g/mol. The van der Waals surface area contributed by atoms with Gasteiger partial charge >= 0.3 is 0 Å². The van der Waals surface area contributed by atoms with E-state index in [2.05, 4.69) is 32.9 Å². The van der Waals surface area contributed by atoms with Gasteiger partial charge in [0.05, 0.1) is 0 Å². The molecule has 1 aromatic rings. The van der Waals surface area contributed by atoms with Gasteiger partial charge in [0.2, 0.25) is 0 Å². The van der Waals surface area contributed by atoms with E-state index < -0.39 is 0 Å². The van der Waals surface area contributed by atoms with Crippen LogP contribution in [-0.4, -0.2) is 23.5 Å². The summed E-state index contributed by atoms with van der Waals surface area (Å²) < 4.78 is 1.14. The number of likely N-dealkylation sites (N-methyl/N-ethyl adjacent to an activating group) is 1. The van der Waals surface area contributed by atoms with Crippen molar-refractivity contribution in [3.8, 4) is 0 Å². The van der Waals surface area contributed by atoms with Gasteiger partial charge in [-0.05, 0) is 40.5 Å². The zero-order valence-electron chi connectivity index (χ0n) is 7.05. The third-order valence-corrected chi connectivity index (χ3v) is 2.97. The molecule has 3 heteroatoms. The van der Waals surface area contributed by atoms with Crippen molar-refractivity contribution in [1.82, 2.24) is 9.88 Å². The van der Waals surface area contributed by atoms with Gasteiger partial charge < -0.3 is 4.90 Å². The highest BCUT2D eigenvalue weighted by atomic mass is 79.9. The van der Waals surface area contributed by atoms with Crippen LogP contribution in [0.4, 0.5) is 0 Å². The van der Waals surface area contributed by atoms with Gasteiger partial charge in [-0.2, -0.15) is 0 Å². The first kappa shape index (κ1) is 8.20. The number of aromatic nitrogens is 1. The molecule has 2 nitrogen and oxygen atoms in total. The lowest BCUT2D eigenvalue weighted by Gasteiger charge is -2.25. The first-order valence-corrected chi connectivity index (χ1v) is 4.86. The smallest absolute Gasteiger partial charge is 0.0413 e. The van der Waals surface area contributed by atoms with E-state index in [0.29, 0.717) is 0 Å². The van der Waals surface area contributed by atoms with Crippen LogP contribution in [0.3, 0.4) is 0 Å². The summed E-state index contributed by atoms with van der Waals surface area (Å²) >= 11 is 3.52. The molecule has 1 aliphatic heterocycles. The van der Waals surface area contributed by atoms with E-state index in [0.717, 1.165) is 24.0 Å². The first-order chi connectivity index (χ1) is 5.77. The van der Waals surface area contributed by atoms with E-state index >= 15 is 0 Å². The Balaban J connectivity index is 2.43. The van der Waals surface area contributed by atoms with Crippen LogP contribution >= 0.6 is 15.9 Å². The Morgan fingerprint density at radius 3 is 3.17 bits per heavy atom. The first-order valence-electron chi connectivity index (χ1n) is 4.07. The van der Waals surface area contributed by atoms with Gasteiger partial charge in [-0.1, -0.05) is 0 Å². The second-order valence-corrected chi connectivity index (χ2v) is 4.10. The Morgan fingerprint density at radius 1 is 1.50 bits per heavy atom. The second-order valence-electron chi connectivity index (χ2n) is 3.25. The molecule has 0 bridgehead atoms. The van der Waals surface area contributed by atoms with Crippen LogP contribution in [0.2, 0.25) is 0 Å². The van der Waals surface area contributed by atoms with Gasteiger partial charge in [-0.3, -0.25) is 4.98 Å². The van der Waals surface area contributed by atoms with Gasteiger partial charge in [-0.25, -0.2) is 0 Å². The van der Waals surface area contributed by atoms with Crippen molar-refractivity contribution in [3.63, 3.8) is 0 Å². The number of fused-ring (bicyclic) bond motifs is 1. The minimum Gasteiger partial charge on any atom is -0.302 e. The van der Waals surface area contributed by atoms with Crippen LogP contribution in [0.25, 0.3) is 0 Å². The summed E-state index contributed by atoms with van der Waals surface area (Å²) in [5.41, 5.74) is 2.79. The summed E-state index contributed by atoms with van der Waals surface area (Å²) in [7, 11) is 2.15. The van der Waals surface area contributed by atoms with Crippen LogP contribution in [-0.2, 0) is 13.0 Å². The molecule has 64 valence electrons. The molecule has 1 aliphatic rings. The minimum absolute atomic E-state index is 1.04. The molecule has 0 saturated carbocycles. The number of rotatable bonds is 0. The minimum atomic E-state index is 1.04. The molecule has 0 N–H and O–H groups in total. The fraction of sp³-hybridized carbons (Fsp3) is 0.444. The number of halogens is 1. The number of pyridine rings is 1. The fourth-order valence-electron chi connectivity index (χ4n) is 1.55. The highest BCUT2D eigenvalue weighted by Gasteiger charge is 2.15. The molecule has 2 rings (SSSR count). The molecule has 2 heterocycles. The summed E-state index contributed by atoms with van der Waals surface area (Å²) in [5.74, 6) is 0. The van der Waals surface area contributed by atoms with Crippen LogP contribution in [0.1, 0.15) is 11.1 Å². The van der Waals surface area contributed by atoms with Gasteiger partial charge in [0.15, 0.2) is 0 Å². The third-order valence-electron chi connectivity index (χ3n) is 2.29. The number of hydrogen-bond acceptors (Lipinski definition) is 2. The predicted molar refractivity (Wildman–Crippen MR) is 52.0 cm³/mol. The van der Waals surface area contributed by atoms with Crippen molar-refractivity contribution in [2.45, 2.75) is 13.0 Å². The maximum Gasteiger partial charge on any atom is 0.0413 e. The molecule has 0 aromatic carbocycles. The summed E-state index contributed by atoms with van der Waals surface area (Å²) in [5, 5.41) is 0. The van der Waals surface area contributed by atoms with Gasteiger partial charge in [0.25, 0.3) is 0 Å². The number of nitrogens with zero attached hydrogens (tertiary/aromatic N) is 2. The zero-order valence-corrected chi connectivity index (χ0v) is 8.63. The summed E-state index contributed by atoms with van der Waals surface area (Å²) in [4.78, 5) is 6.48. The standard InChI is InChI=1S/C9H11BrN2/c1-12-3-2-7-4-11-5-9(10)8(7)6-12/h4-5H,2-3,6H2,1H3. The van der Waals surface area contributed by atoms with E-state index in [4.69, 9.17) is 0 Å². The van der Waals surface area contributed by atoms with Gasteiger partial charge in [0.1, 0.15) is 0 Å². The normalized spacial score (nSPS) is 17.5. The van der Waals surface area contributed by atoms with Crippen molar-refractivity contribution in [2.24, 2.45) is 0 Å². The summed E-state index contributed by atoms with van der Waals surface area (Å²) in [6.07, 6.45) is 4.98. The van der Waals surface area contributed by atoms with Crippen LogP contribution in [0.15, 0.2) is 16.9 Å². The SMILES string of the molecule is CN1CCc2cncc(Br)c2C1. The molecule has 0 spiro atoms. The molecular weight excluding hydrogens is 216 g/mol. The molecule has 0 aliphatic carbocycles. The van der Waals surface area contributed by atoms with Crippen molar-refractivity contribution in [2.75, 3.05) is 13.6 Å². The Kier molecular flexibility index (Phi) is 2.15. The molecule has 0 atom stereocenters. The van der Waals surface area contributed by atoms with Crippen molar-refractivity contribution in [1.29, 1.82) is 0 Å². The lowest BCUT2D eigenvalue weighted by Crippen LogP contribution is -2.26. The molecular formula is C9H11BrN2. The van der Waals surface area contributed by atoms with E-state index in [1.165, 1.54) is 11.1 Å². The Labute approximate surface area is 80.7 Å². The topological polar surface area (TPSA) is 16.1 Å². The zero-order chi connectivity index (χ0) is 8.55. The lowest BCUT2D eigenvalue weighted by atomic mass is 10.0. The van der Waals surface area contributed by atoms with Gasteiger partial charge in [0, 0.05) is 30.0 Å². The van der Waals surface area contributed by atoms with E-state index in [1.54, 1.807) is 0 Å². The van der Waals surface area contributed by atoms with E-state index in [-0.39, 0.29) is 0 Å². The Bertz CT molecular complexity index is 299. The second kappa shape index (κ2) is 3.15. The average molecular weight is 227 g/mol. The van der Waals surface area contributed by atoms with Gasteiger partial charge in [-0.15, -0.1) is 0 Å². The number of hydrogen-bond donors (Lipinski definition) is 0. The largest absolute Gasteiger partial charge is 0.302 e. The Hall–Kier alpha value is -0.410. The van der Waals surface area contributed by atoms with E-state index in [9.17, 15) is 0 Å². The fourth-order valence-corrected chi connectivity index (χ4v) is 2.05. The lowest BCUT2D eigenvalue weighted by molar-refractivity contribution is 0.311. The third kappa shape index (κ3) is 1.39. The van der Waals surface area contributed by atoms with Crippen molar-refractivity contribution < 1.29 is 0 Å². The molecule has 0 amide bonds. The average Bonchev–Trinajstić information content (AvgIpc) is 2.07. The molecule has 0 fully saturated rings. The van der Waals surface area contributed by atoms with Crippen LogP contribution in [0.5, 0.6) is 0 Å². The highest BCUT2D eigenvalue weighted by molar-refractivity contribution is 9.10. The van der Waals surface area contributed by atoms with Crippen LogP contribution < -0.4 is 0 Å².